The number of aromatic nitrogens is 3. The monoisotopic (exact) mass is 288 g/mol. The van der Waals surface area contributed by atoms with Crippen molar-refractivity contribution in [3.05, 3.63) is 35.7 Å². The Balaban J connectivity index is 1.76. The average molecular weight is 288 g/mol. The van der Waals surface area contributed by atoms with Gasteiger partial charge in [0.2, 0.25) is 0 Å². The second kappa shape index (κ2) is 6.41. The summed E-state index contributed by atoms with van der Waals surface area (Å²) in [6.07, 6.45) is 4.84. The molecule has 106 valence electrons. The minimum atomic E-state index is 0.908. The molecule has 2 aromatic rings. The number of benzene rings is 1. The van der Waals surface area contributed by atoms with Crippen molar-refractivity contribution in [2.45, 2.75) is 48.8 Å². The third kappa shape index (κ3) is 3.04. The maximum atomic E-state index is 4.36. The van der Waals surface area contributed by atoms with E-state index in [4.69, 9.17) is 0 Å². The lowest BCUT2D eigenvalue weighted by Crippen LogP contribution is -2.04. The molecule has 0 spiro atoms. The highest BCUT2D eigenvalue weighted by Gasteiger charge is 2.15. The second-order valence-electron chi connectivity index (χ2n) is 5.14. The fourth-order valence-electron chi connectivity index (χ4n) is 2.52. The molecule has 0 bridgehead atoms. The summed E-state index contributed by atoms with van der Waals surface area (Å²) in [6.45, 7) is 1.97. The van der Waals surface area contributed by atoms with Gasteiger partial charge in [0, 0.05) is 24.4 Å². The van der Waals surface area contributed by atoms with Crippen LogP contribution in [0.15, 0.2) is 34.3 Å². The highest BCUT2D eigenvalue weighted by molar-refractivity contribution is 7.99. The number of nitrogens with one attached hydrogen (secondary N) is 1. The van der Waals surface area contributed by atoms with Crippen LogP contribution in [0.3, 0.4) is 0 Å². The van der Waals surface area contributed by atoms with Crippen LogP contribution in [0.25, 0.3) is 0 Å². The van der Waals surface area contributed by atoms with Gasteiger partial charge in [0.15, 0.2) is 5.16 Å². The first-order valence-electron chi connectivity index (χ1n) is 7.20. The highest BCUT2D eigenvalue weighted by Crippen LogP contribution is 2.28. The van der Waals surface area contributed by atoms with Crippen molar-refractivity contribution in [3.8, 4) is 0 Å². The smallest absolute Gasteiger partial charge is 0.196 e. The van der Waals surface area contributed by atoms with Crippen LogP contribution >= 0.6 is 11.8 Å². The van der Waals surface area contributed by atoms with E-state index in [1.54, 1.807) is 11.8 Å². The average Bonchev–Trinajstić information content (AvgIpc) is 2.70. The van der Waals surface area contributed by atoms with Crippen LogP contribution in [0.2, 0.25) is 0 Å². The fourth-order valence-corrected chi connectivity index (χ4v) is 3.39. The third-order valence-corrected chi connectivity index (χ3v) is 4.58. The van der Waals surface area contributed by atoms with Gasteiger partial charge in [-0.3, -0.25) is 0 Å². The lowest BCUT2D eigenvalue weighted by molar-refractivity contribution is 0.591. The molecular formula is C15H20N4S. The Kier molecular flexibility index (Phi) is 4.38. The fraction of sp³-hybridized carbons (Fsp3) is 0.467. The maximum absolute atomic E-state index is 4.36. The van der Waals surface area contributed by atoms with Gasteiger partial charge >= 0.3 is 0 Å². The Hall–Kier alpha value is -1.33. The summed E-state index contributed by atoms with van der Waals surface area (Å²) in [6, 6.07) is 8.66. The van der Waals surface area contributed by atoms with Crippen LogP contribution in [-0.2, 0) is 19.5 Å². The number of nitrogens with zero attached hydrogens (tertiary/aromatic N) is 3. The van der Waals surface area contributed by atoms with Gasteiger partial charge in [0.1, 0.15) is 5.82 Å². The first-order chi connectivity index (χ1) is 9.86. The van der Waals surface area contributed by atoms with E-state index < -0.39 is 0 Å². The van der Waals surface area contributed by atoms with Gasteiger partial charge < -0.3 is 9.88 Å². The molecule has 0 radical (unpaired) electrons. The summed E-state index contributed by atoms with van der Waals surface area (Å²) in [7, 11) is 1.97. The van der Waals surface area contributed by atoms with E-state index in [1.807, 2.05) is 7.05 Å². The van der Waals surface area contributed by atoms with Crippen molar-refractivity contribution in [3.63, 3.8) is 0 Å². The molecular weight excluding hydrogens is 268 g/mol. The summed E-state index contributed by atoms with van der Waals surface area (Å²) in [5, 5.41) is 12.9. The zero-order valence-corrected chi connectivity index (χ0v) is 12.6. The predicted octanol–water partition coefficient (Wildman–Crippen LogP) is 2.88. The SMILES string of the molecule is CNCc1ccc(Sc2nnc3n2CCCCC3)cc1. The summed E-state index contributed by atoms with van der Waals surface area (Å²) >= 11 is 1.71. The van der Waals surface area contributed by atoms with Gasteiger partial charge in [-0.1, -0.05) is 18.6 Å². The normalized spacial score (nSPS) is 14.8. The molecule has 1 aliphatic rings. The summed E-state index contributed by atoms with van der Waals surface area (Å²) in [4.78, 5) is 1.23. The van der Waals surface area contributed by atoms with Crippen LogP contribution < -0.4 is 5.32 Å². The van der Waals surface area contributed by atoms with E-state index in [0.717, 1.165) is 30.5 Å². The quantitative estimate of drug-likeness (QED) is 0.939. The Morgan fingerprint density at radius 2 is 2.00 bits per heavy atom. The zero-order chi connectivity index (χ0) is 13.8. The van der Waals surface area contributed by atoms with Crippen molar-refractivity contribution in [2.75, 3.05) is 7.05 Å². The number of rotatable bonds is 4. The number of hydrogen-bond acceptors (Lipinski definition) is 4. The second-order valence-corrected chi connectivity index (χ2v) is 6.18. The molecule has 1 N–H and O–H groups in total. The van der Waals surface area contributed by atoms with Crippen molar-refractivity contribution < 1.29 is 0 Å². The molecule has 4 nitrogen and oxygen atoms in total. The van der Waals surface area contributed by atoms with E-state index in [9.17, 15) is 0 Å². The Labute approximate surface area is 124 Å². The standard InChI is InChI=1S/C15H20N4S/c1-16-11-12-6-8-13(9-7-12)20-15-18-17-14-5-3-2-4-10-19(14)15/h6-9,16H,2-5,10-11H2,1H3. The van der Waals surface area contributed by atoms with Crippen molar-refractivity contribution in [1.82, 2.24) is 20.1 Å². The van der Waals surface area contributed by atoms with Crippen LogP contribution in [0.5, 0.6) is 0 Å². The van der Waals surface area contributed by atoms with Crippen LogP contribution in [0.4, 0.5) is 0 Å². The van der Waals surface area contributed by atoms with Crippen LogP contribution in [-0.4, -0.2) is 21.8 Å². The van der Waals surface area contributed by atoms with Gasteiger partial charge in [0.25, 0.3) is 0 Å². The van der Waals surface area contributed by atoms with Gasteiger partial charge in [-0.05, 0) is 49.3 Å². The Morgan fingerprint density at radius 1 is 1.15 bits per heavy atom. The van der Waals surface area contributed by atoms with E-state index in [-0.39, 0.29) is 0 Å². The third-order valence-electron chi connectivity index (χ3n) is 3.59. The largest absolute Gasteiger partial charge is 0.316 e. The van der Waals surface area contributed by atoms with Gasteiger partial charge in [0.05, 0.1) is 0 Å². The topological polar surface area (TPSA) is 42.7 Å². The minimum absolute atomic E-state index is 0.908. The summed E-state index contributed by atoms with van der Waals surface area (Å²) in [5.74, 6) is 1.15. The van der Waals surface area contributed by atoms with E-state index in [1.165, 1.54) is 29.7 Å². The molecule has 0 saturated carbocycles. The number of aryl methyl sites for hydroxylation is 1. The molecule has 0 saturated heterocycles. The Morgan fingerprint density at radius 3 is 2.80 bits per heavy atom. The van der Waals surface area contributed by atoms with Gasteiger partial charge in [-0.25, -0.2) is 0 Å². The molecule has 2 heterocycles. The van der Waals surface area contributed by atoms with Crippen LogP contribution in [0, 0.1) is 0 Å². The highest BCUT2D eigenvalue weighted by atomic mass is 32.2. The molecule has 0 unspecified atom stereocenters. The lowest BCUT2D eigenvalue weighted by Gasteiger charge is -2.07. The van der Waals surface area contributed by atoms with Crippen molar-refractivity contribution >= 4 is 11.8 Å². The van der Waals surface area contributed by atoms with Crippen molar-refractivity contribution in [2.24, 2.45) is 0 Å². The molecule has 3 rings (SSSR count). The minimum Gasteiger partial charge on any atom is -0.316 e. The molecule has 0 amide bonds. The van der Waals surface area contributed by atoms with E-state index in [2.05, 4.69) is 44.3 Å². The molecule has 1 aromatic heterocycles. The maximum Gasteiger partial charge on any atom is 0.196 e. The number of fused-ring (bicyclic) bond motifs is 1. The van der Waals surface area contributed by atoms with E-state index >= 15 is 0 Å². The summed E-state index contributed by atoms with van der Waals surface area (Å²) in [5.41, 5.74) is 1.30. The molecule has 5 heteroatoms. The van der Waals surface area contributed by atoms with Crippen molar-refractivity contribution in [1.29, 1.82) is 0 Å². The van der Waals surface area contributed by atoms with Gasteiger partial charge in [-0.2, -0.15) is 0 Å². The predicted molar refractivity (Wildman–Crippen MR) is 80.9 cm³/mol. The molecule has 0 aliphatic carbocycles. The molecule has 0 fully saturated rings. The first kappa shape index (κ1) is 13.6. The molecule has 20 heavy (non-hydrogen) atoms. The zero-order valence-electron chi connectivity index (χ0n) is 11.8. The summed E-state index contributed by atoms with van der Waals surface area (Å²) < 4.78 is 2.29. The van der Waals surface area contributed by atoms with Crippen LogP contribution in [0.1, 0.15) is 30.7 Å². The molecule has 0 atom stereocenters. The lowest BCUT2D eigenvalue weighted by atomic mass is 10.2. The molecule has 1 aliphatic heterocycles. The Bertz CT molecular complexity index is 562. The van der Waals surface area contributed by atoms with Gasteiger partial charge in [-0.15, -0.1) is 10.2 Å². The van der Waals surface area contributed by atoms with E-state index in [0.29, 0.717) is 0 Å². The molecule has 1 aromatic carbocycles. The first-order valence-corrected chi connectivity index (χ1v) is 8.02. The number of hydrogen-bond donors (Lipinski definition) is 1.